The number of amidine groups is 1. The highest BCUT2D eigenvalue weighted by molar-refractivity contribution is 5.98. The Morgan fingerprint density at radius 1 is 1.58 bits per heavy atom. The molecular weight excluding hydrogens is 245 g/mol. The molecule has 4 nitrogen and oxygen atoms in total. The van der Waals surface area contributed by atoms with Crippen molar-refractivity contribution < 1.29 is 9.60 Å². The molecule has 0 bridgehead atoms. The number of oxime groups is 1. The van der Waals surface area contributed by atoms with Crippen molar-refractivity contribution in [3.8, 4) is 0 Å². The molecule has 0 radical (unpaired) electrons. The Kier molecular flexibility index (Phi) is 4.37. The van der Waals surface area contributed by atoms with Gasteiger partial charge in [-0.3, -0.25) is 0 Å². The van der Waals surface area contributed by atoms with Gasteiger partial charge in [-0.2, -0.15) is 0 Å². The van der Waals surface area contributed by atoms with Crippen LogP contribution >= 0.6 is 0 Å². The zero-order valence-corrected chi connectivity index (χ0v) is 11.1. The Morgan fingerprint density at radius 2 is 2.32 bits per heavy atom. The summed E-state index contributed by atoms with van der Waals surface area (Å²) in [6, 6.07) is 4.76. The van der Waals surface area contributed by atoms with Crippen LogP contribution in [0, 0.1) is 11.7 Å². The predicted octanol–water partition coefficient (Wildman–Crippen LogP) is 2.20. The summed E-state index contributed by atoms with van der Waals surface area (Å²) in [5, 5.41) is 15.1. The summed E-state index contributed by atoms with van der Waals surface area (Å²) in [5.74, 6) is 0.404. The summed E-state index contributed by atoms with van der Waals surface area (Å²) in [6.45, 7) is 2.73. The van der Waals surface area contributed by atoms with Crippen LogP contribution in [0.3, 0.4) is 0 Å². The quantitative estimate of drug-likeness (QED) is 0.319. The normalized spacial score (nSPS) is 17.5. The van der Waals surface area contributed by atoms with Gasteiger partial charge in [0.25, 0.3) is 0 Å². The van der Waals surface area contributed by atoms with E-state index in [1.807, 2.05) is 0 Å². The van der Waals surface area contributed by atoms with E-state index in [0.717, 1.165) is 11.5 Å². The fraction of sp³-hybridized carbons (Fsp3) is 0.500. The van der Waals surface area contributed by atoms with Crippen molar-refractivity contribution >= 4 is 5.84 Å². The summed E-state index contributed by atoms with van der Waals surface area (Å²) in [5.41, 5.74) is 6.84. The van der Waals surface area contributed by atoms with Crippen LogP contribution in [0.2, 0.25) is 0 Å². The van der Waals surface area contributed by atoms with E-state index >= 15 is 0 Å². The average Bonchev–Trinajstić information content (AvgIpc) is 3.20. The lowest BCUT2D eigenvalue weighted by atomic mass is 10.1. The van der Waals surface area contributed by atoms with Gasteiger partial charge in [-0.15, -0.1) is 0 Å². The second-order valence-electron chi connectivity index (χ2n) is 5.25. The maximum atomic E-state index is 13.2. The Balaban J connectivity index is 2.01. The minimum atomic E-state index is -0.392. The molecule has 5 heteroatoms. The van der Waals surface area contributed by atoms with Gasteiger partial charge in [-0.1, -0.05) is 24.1 Å². The average molecular weight is 265 g/mol. The topological polar surface area (TPSA) is 70.6 Å². The molecule has 1 fully saturated rings. The van der Waals surface area contributed by atoms with Crippen molar-refractivity contribution in [2.45, 2.75) is 38.8 Å². The lowest BCUT2D eigenvalue weighted by Crippen LogP contribution is -2.27. The summed E-state index contributed by atoms with van der Waals surface area (Å²) >= 11 is 0. The second-order valence-corrected chi connectivity index (χ2v) is 5.25. The minimum absolute atomic E-state index is 0.0638. The molecule has 1 aliphatic rings. The largest absolute Gasteiger partial charge is 0.409 e. The summed E-state index contributed by atoms with van der Waals surface area (Å²) in [4.78, 5) is 0. The number of rotatable bonds is 6. The van der Waals surface area contributed by atoms with Crippen LogP contribution in [0.1, 0.15) is 37.3 Å². The van der Waals surface area contributed by atoms with Gasteiger partial charge in [0.05, 0.1) is 0 Å². The smallest absolute Gasteiger partial charge is 0.170 e. The minimum Gasteiger partial charge on any atom is -0.409 e. The Morgan fingerprint density at radius 3 is 2.95 bits per heavy atom. The molecular formula is C14H20FN3O. The fourth-order valence-electron chi connectivity index (χ4n) is 2.22. The van der Waals surface area contributed by atoms with E-state index in [1.165, 1.54) is 31.4 Å². The summed E-state index contributed by atoms with van der Waals surface area (Å²) in [6.07, 6.45) is 3.83. The standard InChI is InChI=1S/C14H20FN3O/c1-9(6-10-2-3-10)17-8-11-4-5-12(15)7-13(11)14(16)18-19/h4-5,7,9-10,17,19H,2-3,6,8H2,1H3,(H2,16,18). The van der Waals surface area contributed by atoms with E-state index in [4.69, 9.17) is 10.9 Å². The zero-order chi connectivity index (χ0) is 13.8. The van der Waals surface area contributed by atoms with Gasteiger partial charge in [0.2, 0.25) is 0 Å². The molecule has 1 aromatic carbocycles. The monoisotopic (exact) mass is 265 g/mol. The van der Waals surface area contributed by atoms with Crippen LogP contribution in [0.25, 0.3) is 0 Å². The molecule has 0 heterocycles. The number of nitrogens with two attached hydrogens (primary N) is 1. The van der Waals surface area contributed by atoms with Crippen molar-refractivity contribution in [3.05, 3.63) is 35.1 Å². The molecule has 4 N–H and O–H groups in total. The summed E-state index contributed by atoms with van der Waals surface area (Å²) in [7, 11) is 0. The first-order valence-electron chi connectivity index (χ1n) is 6.60. The van der Waals surface area contributed by atoms with Gasteiger partial charge in [0.1, 0.15) is 5.82 Å². The maximum Gasteiger partial charge on any atom is 0.170 e. The molecule has 0 aliphatic heterocycles. The number of benzene rings is 1. The first-order chi connectivity index (χ1) is 9.10. The van der Waals surface area contributed by atoms with E-state index in [0.29, 0.717) is 18.2 Å². The van der Waals surface area contributed by atoms with Crippen LogP contribution in [-0.4, -0.2) is 17.1 Å². The van der Waals surface area contributed by atoms with Crippen molar-refractivity contribution in [1.29, 1.82) is 0 Å². The molecule has 1 aliphatic carbocycles. The van der Waals surface area contributed by atoms with Gasteiger partial charge < -0.3 is 16.3 Å². The highest BCUT2D eigenvalue weighted by Gasteiger charge is 2.23. The van der Waals surface area contributed by atoms with Crippen LogP contribution < -0.4 is 11.1 Å². The van der Waals surface area contributed by atoms with E-state index in [-0.39, 0.29) is 5.84 Å². The Bertz CT molecular complexity index is 472. The number of nitrogens with one attached hydrogen (secondary N) is 1. The van der Waals surface area contributed by atoms with Crippen LogP contribution in [0.15, 0.2) is 23.4 Å². The van der Waals surface area contributed by atoms with Crippen LogP contribution in [0.4, 0.5) is 4.39 Å². The van der Waals surface area contributed by atoms with E-state index < -0.39 is 5.82 Å². The second kappa shape index (κ2) is 6.02. The van der Waals surface area contributed by atoms with E-state index in [9.17, 15) is 4.39 Å². The van der Waals surface area contributed by atoms with Crippen molar-refractivity contribution in [2.75, 3.05) is 0 Å². The van der Waals surface area contributed by atoms with Gasteiger partial charge in [0, 0.05) is 18.2 Å². The number of nitrogens with zero attached hydrogens (tertiary/aromatic N) is 1. The zero-order valence-electron chi connectivity index (χ0n) is 11.1. The van der Waals surface area contributed by atoms with E-state index in [2.05, 4.69) is 17.4 Å². The lowest BCUT2D eigenvalue weighted by Gasteiger charge is -2.15. The van der Waals surface area contributed by atoms with Crippen molar-refractivity contribution in [2.24, 2.45) is 16.8 Å². The third-order valence-corrected chi connectivity index (χ3v) is 3.48. The van der Waals surface area contributed by atoms with Crippen LogP contribution in [0.5, 0.6) is 0 Å². The highest BCUT2D eigenvalue weighted by Crippen LogP contribution is 2.33. The van der Waals surface area contributed by atoms with E-state index in [1.54, 1.807) is 6.07 Å². The molecule has 0 aromatic heterocycles. The summed E-state index contributed by atoms with van der Waals surface area (Å²) < 4.78 is 13.2. The SMILES string of the molecule is CC(CC1CC1)NCc1ccc(F)cc1C(N)=NO. The van der Waals surface area contributed by atoms with Gasteiger partial charge in [0.15, 0.2) is 5.84 Å². The molecule has 1 saturated carbocycles. The Labute approximate surface area is 112 Å². The number of hydrogen-bond donors (Lipinski definition) is 3. The molecule has 1 aromatic rings. The third-order valence-electron chi connectivity index (χ3n) is 3.48. The number of halogens is 1. The van der Waals surface area contributed by atoms with Gasteiger partial charge in [-0.25, -0.2) is 4.39 Å². The van der Waals surface area contributed by atoms with Gasteiger partial charge >= 0.3 is 0 Å². The molecule has 19 heavy (non-hydrogen) atoms. The molecule has 2 rings (SSSR count). The molecule has 104 valence electrons. The van der Waals surface area contributed by atoms with Gasteiger partial charge in [-0.05, 0) is 37.0 Å². The number of hydrogen-bond acceptors (Lipinski definition) is 3. The molecule has 1 unspecified atom stereocenters. The first kappa shape index (κ1) is 13.8. The maximum absolute atomic E-state index is 13.2. The third kappa shape index (κ3) is 3.92. The van der Waals surface area contributed by atoms with Crippen molar-refractivity contribution in [1.82, 2.24) is 5.32 Å². The predicted molar refractivity (Wildman–Crippen MR) is 72.6 cm³/mol. The van der Waals surface area contributed by atoms with Crippen molar-refractivity contribution in [3.63, 3.8) is 0 Å². The molecule has 1 atom stereocenters. The fourth-order valence-corrected chi connectivity index (χ4v) is 2.22. The highest BCUT2D eigenvalue weighted by atomic mass is 19.1. The Hall–Kier alpha value is -1.62. The molecule has 0 spiro atoms. The lowest BCUT2D eigenvalue weighted by molar-refractivity contribution is 0.318. The molecule has 0 amide bonds. The van der Waals surface area contributed by atoms with Crippen LogP contribution in [-0.2, 0) is 6.54 Å². The first-order valence-corrected chi connectivity index (χ1v) is 6.60. The molecule has 0 saturated heterocycles.